The molecular weight excluding hydrogens is 528 g/mol. The summed E-state index contributed by atoms with van der Waals surface area (Å²) in [6.07, 6.45) is -12.0. The average molecular weight is 558 g/mol. The van der Waals surface area contributed by atoms with Gasteiger partial charge in [0.25, 0.3) is 0 Å². The van der Waals surface area contributed by atoms with Gasteiger partial charge in [-0.1, -0.05) is 30.3 Å². The normalized spacial score (nSPS) is 19.9. The zero-order valence-electron chi connectivity index (χ0n) is 21.6. The van der Waals surface area contributed by atoms with Crippen LogP contribution in [0.25, 0.3) is 0 Å². The number of ether oxygens (including phenoxy) is 2. The van der Waals surface area contributed by atoms with Crippen LogP contribution in [-0.4, -0.2) is 58.7 Å². The van der Waals surface area contributed by atoms with Crippen molar-refractivity contribution in [3.8, 4) is 0 Å². The molecule has 0 radical (unpaired) electrons. The molecule has 0 unspecified atom stereocenters. The van der Waals surface area contributed by atoms with E-state index in [4.69, 9.17) is 9.47 Å². The molecule has 1 saturated heterocycles. The summed E-state index contributed by atoms with van der Waals surface area (Å²) in [6, 6.07) is 10.2. The topological polar surface area (TPSA) is 66.5 Å². The highest BCUT2D eigenvalue weighted by atomic mass is 19.4. The zero-order chi connectivity index (χ0) is 28.4. The van der Waals surface area contributed by atoms with Crippen LogP contribution in [0.5, 0.6) is 0 Å². The molecule has 2 aromatic carbocycles. The third-order valence-electron chi connectivity index (χ3n) is 6.39. The second kappa shape index (κ2) is 11.6. The first-order chi connectivity index (χ1) is 18.3. The van der Waals surface area contributed by atoms with E-state index < -0.39 is 41.9 Å². The van der Waals surface area contributed by atoms with Crippen molar-refractivity contribution in [3.05, 3.63) is 82.2 Å². The molecule has 1 fully saturated rings. The minimum atomic E-state index is -4.96. The van der Waals surface area contributed by atoms with E-state index >= 15 is 0 Å². The van der Waals surface area contributed by atoms with E-state index in [1.807, 2.05) is 49.3 Å². The second-order valence-electron chi connectivity index (χ2n) is 9.64. The first kappa shape index (κ1) is 29.0. The summed E-state index contributed by atoms with van der Waals surface area (Å²) >= 11 is 0. The first-order valence-corrected chi connectivity index (χ1v) is 12.2. The SMILES string of the molecule is C[C@@H](O[C@H]1OCCN(Cc2n[nH]nc2CN(C)C)[C@H]1c1ccccc1)c1cc(C(F)(F)F)cc(C(F)(F)F)c1. The molecule has 1 aromatic heterocycles. The number of nitrogens with one attached hydrogen (secondary N) is 1. The Kier molecular flexibility index (Phi) is 8.64. The molecule has 7 nitrogen and oxygen atoms in total. The molecule has 1 N–H and O–H groups in total. The molecule has 39 heavy (non-hydrogen) atoms. The van der Waals surface area contributed by atoms with Crippen LogP contribution in [0, 0.1) is 0 Å². The molecule has 2 heterocycles. The quantitative estimate of drug-likeness (QED) is 0.365. The maximum absolute atomic E-state index is 13.4. The fourth-order valence-corrected chi connectivity index (χ4v) is 4.51. The minimum Gasteiger partial charge on any atom is -0.349 e. The number of hydrogen-bond acceptors (Lipinski definition) is 6. The number of H-pyrrole nitrogens is 1. The lowest BCUT2D eigenvalue weighted by Gasteiger charge is -2.42. The Morgan fingerprint density at radius 1 is 1.00 bits per heavy atom. The van der Waals surface area contributed by atoms with Crippen molar-refractivity contribution in [1.29, 1.82) is 0 Å². The molecule has 13 heteroatoms. The van der Waals surface area contributed by atoms with Gasteiger partial charge in [0.2, 0.25) is 0 Å². The molecule has 3 aromatic rings. The molecule has 0 aliphatic carbocycles. The summed E-state index contributed by atoms with van der Waals surface area (Å²) in [7, 11) is 3.81. The number of hydrogen-bond donors (Lipinski definition) is 1. The molecule has 0 saturated carbocycles. The van der Waals surface area contributed by atoms with Gasteiger partial charge in [-0.15, -0.1) is 0 Å². The van der Waals surface area contributed by atoms with E-state index in [0.717, 1.165) is 11.3 Å². The number of rotatable bonds is 8. The monoisotopic (exact) mass is 557 g/mol. The van der Waals surface area contributed by atoms with E-state index in [9.17, 15) is 26.3 Å². The summed E-state index contributed by atoms with van der Waals surface area (Å²) in [5.74, 6) is 0. The number of nitrogens with zero attached hydrogens (tertiary/aromatic N) is 4. The number of aromatic amines is 1. The first-order valence-electron chi connectivity index (χ1n) is 12.2. The molecular formula is C26H29F6N5O2. The number of alkyl halides is 6. The Balaban J connectivity index is 1.64. The van der Waals surface area contributed by atoms with Crippen LogP contribution in [0.15, 0.2) is 48.5 Å². The van der Waals surface area contributed by atoms with E-state index in [0.29, 0.717) is 37.5 Å². The van der Waals surface area contributed by atoms with Gasteiger partial charge in [0.05, 0.1) is 29.9 Å². The summed E-state index contributed by atoms with van der Waals surface area (Å²) in [5.41, 5.74) is -0.763. The smallest absolute Gasteiger partial charge is 0.349 e. The fourth-order valence-electron chi connectivity index (χ4n) is 4.51. The lowest BCUT2D eigenvalue weighted by Crippen LogP contribution is -2.46. The van der Waals surface area contributed by atoms with Crippen LogP contribution in [0.3, 0.4) is 0 Å². The summed E-state index contributed by atoms with van der Waals surface area (Å²) in [4.78, 5) is 4.01. The Hall–Kier alpha value is -3.00. The molecule has 212 valence electrons. The van der Waals surface area contributed by atoms with Gasteiger partial charge in [-0.25, -0.2) is 0 Å². The van der Waals surface area contributed by atoms with Crippen molar-refractivity contribution in [2.45, 2.75) is 50.8 Å². The standard InChI is InChI=1S/C26H29F6N5O2/c1-16(18-11-19(25(27,28)29)13-20(12-18)26(30,31)32)39-24-23(17-7-5-4-6-8-17)37(9-10-38-24)15-22-21(14-36(2)3)33-35-34-22/h4-8,11-13,16,23-24H,9-10,14-15H2,1-3H3,(H,33,34,35)/t16-,23+,24-/m1/s1. The summed E-state index contributed by atoms with van der Waals surface area (Å²) in [6.45, 7) is 3.06. The van der Waals surface area contributed by atoms with Crippen molar-refractivity contribution >= 4 is 0 Å². The van der Waals surface area contributed by atoms with Gasteiger partial charge in [0.1, 0.15) is 11.4 Å². The van der Waals surface area contributed by atoms with Crippen LogP contribution in [0.2, 0.25) is 0 Å². The maximum Gasteiger partial charge on any atom is 0.416 e. The third-order valence-corrected chi connectivity index (χ3v) is 6.39. The molecule has 3 atom stereocenters. The largest absolute Gasteiger partial charge is 0.416 e. The van der Waals surface area contributed by atoms with E-state index in [-0.39, 0.29) is 18.2 Å². The lowest BCUT2D eigenvalue weighted by molar-refractivity contribution is -0.231. The van der Waals surface area contributed by atoms with Crippen molar-refractivity contribution in [2.75, 3.05) is 27.2 Å². The predicted molar refractivity (Wildman–Crippen MR) is 129 cm³/mol. The van der Waals surface area contributed by atoms with Gasteiger partial charge < -0.3 is 14.4 Å². The Morgan fingerprint density at radius 2 is 1.62 bits per heavy atom. The maximum atomic E-state index is 13.4. The van der Waals surface area contributed by atoms with Gasteiger partial charge in [-0.2, -0.15) is 41.8 Å². The number of halogens is 6. The van der Waals surface area contributed by atoms with Crippen molar-refractivity contribution in [2.24, 2.45) is 0 Å². The van der Waals surface area contributed by atoms with Crippen LogP contribution >= 0.6 is 0 Å². The van der Waals surface area contributed by atoms with Gasteiger partial charge >= 0.3 is 12.4 Å². The minimum absolute atomic E-state index is 0.102. The van der Waals surface area contributed by atoms with Crippen molar-refractivity contribution < 1.29 is 35.8 Å². The third kappa shape index (κ3) is 7.15. The van der Waals surface area contributed by atoms with E-state index in [1.54, 1.807) is 0 Å². The van der Waals surface area contributed by atoms with Crippen LogP contribution in [0.1, 0.15) is 52.7 Å². The number of benzene rings is 2. The molecule has 0 amide bonds. The van der Waals surface area contributed by atoms with Crippen molar-refractivity contribution in [3.63, 3.8) is 0 Å². The van der Waals surface area contributed by atoms with E-state index in [2.05, 4.69) is 20.3 Å². The Labute approximate surface area is 221 Å². The molecule has 1 aliphatic rings. The van der Waals surface area contributed by atoms with Gasteiger partial charge in [0, 0.05) is 19.6 Å². The Bertz CT molecular complexity index is 1200. The average Bonchev–Trinajstić information content (AvgIpc) is 3.29. The van der Waals surface area contributed by atoms with Gasteiger partial charge in [-0.3, -0.25) is 4.90 Å². The highest BCUT2D eigenvalue weighted by Gasteiger charge is 2.39. The molecule has 1 aliphatic heterocycles. The van der Waals surface area contributed by atoms with Crippen LogP contribution in [-0.2, 0) is 34.9 Å². The summed E-state index contributed by atoms with van der Waals surface area (Å²) < 4.78 is 92.6. The highest BCUT2D eigenvalue weighted by Crippen LogP contribution is 2.39. The lowest BCUT2D eigenvalue weighted by atomic mass is 10.0. The zero-order valence-corrected chi connectivity index (χ0v) is 21.6. The number of aromatic nitrogens is 3. The van der Waals surface area contributed by atoms with E-state index in [1.165, 1.54) is 6.92 Å². The highest BCUT2D eigenvalue weighted by molar-refractivity contribution is 5.34. The Morgan fingerprint density at radius 3 is 2.21 bits per heavy atom. The van der Waals surface area contributed by atoms with Crippen LogP contribution < -0.4 is 0 Å². The molecule has 0 spiro atoms. The van der Waals surface area contributed by atoms with Crippen LogP contribution in [0.4, 0.5) is 26.3 Å². The summed E-state index contributed by atoms with van der Waals surface area (Å²) in [5, 5.41) is 11.2. The molecule has 4 rings (SSSR count). The molecule has 0 bridgehead atoms. The van der Waals surface area contributed by atoms with Gasteiger partial charge in [-0.05, 0) is 50.3 Å². The van der Waals surface area contributed by atoms with Crippen molar-refractivity contribution in [1.82, 2.24) is 25.2 Å². The van der Waals surface area contributed by atoms with Gasteiger partial charge in [0.15, 0.2) is 6.29 Å². The fraction of sp³-hybridized carbons (Fsp3) is 0.462. The second-order valence-corrected chi connectivity index (χ2v) is 9.64. The predicted octanol–water partition coefficient (Wildman–Crippen LogP) is 5.58. The number of morpholine rings is 1.